The number of benzene rings is 1. The van der Waals surface area contributed by atoms with Crippen LogP contribution in [0.4, 0.5) is 11.6 Å². The normalized spacial score (nSPS) is 10.5. The van der Waals surface area contributed by atoms with Crippen LogP contribution in [0.25, 0.3) is 22.4 Å². The smallest absolute Gasteiger partial charge is 0.255 e. The Kier molecular flexibility index (Phi) is 6.89. The van der Waals surface area contributed by atoms with Gasteiger partial charge in [-0.25, -0.2) is 9.97 Å². The number of anilines is 2. The topological polar surface area (TPSA) is 106 Å². The van der Waals surface area contributed by atoms with Crippen LogP contribution in [0, 0.1) is 11.3 Å². The second-order valence-electron chi connectivity index (χ2n) is 7.03. The molecule has 0 bridgehead atoms. The first-order valence-electron chi connectivity index (χ1n) is 10.0. The highest BCUT2D eigenvalue weighted by molar-refractivity contribution is 6.36. The van der Waals surface area contributed by atoms with Crippen molar-refractivity contribution in [1.82, 2.24) is 15.0 Å². The van der Waals surface area contributed by atoms with Gasteiger partial charge in [0.05, 0.1) is 16.3 Å². The number of nitriles is 1. The van der Waals surface area contributed by atoms with E-state index in [0.29, 0.717) is 62.7 Å². The van der Waals surface area contributed by atoms with Crippen LogP contribution >= 0.6 is 23.2 Å². The van der Waals surface area contributed by atoms with Gasteiger partial charge in [-0.3, -0.25) is 4.79 Å². The van der Waals surface area contributed by atoms with Gasteiger partial charge in [0.25, 0.3) is 5.56 Å². The lowest BCUT2D eigenvalue weighted by atomic mass is 10.00. The highest BCUT2D eigenvalue weighted by Crippen LogP contribution is 2.35. The van der Waals surface area contributed by atoms with E-state index in [4.69, 9.17) is 33.4 Å². The minimum absolute atomic E-state index is 0.217. The van der Waals surface area contributed by atoms with Gasteiger partial charge < -0.3 is 15.6 Å². The van der Waals surface area contributed by atoms with Crippen LogP contribution in [0.15, 0.2) is 71.8 Å². The monoisotopic (exact) mass is 476 g/mol. The van der Waals surface area contributed by atoms with Crippen molar-refractivity contribution in [2.45, 2.75) is 0 Å². The molecule has 0 aliphatic heterocycles. The van der Waals surface area contributed by atoms with Gasteiger partial charge in [-0.15, -0.1) is 0 Å². The Morgan fingerprint density at radius 3 is 2.39 bits per heavy atom. The van der Waals surface area contributed by atoms with Crippen molar-refractivity contribution in [2.24, 2.45) is 0 Å². The summed E-state index contributed by atoms with van der Waals surface area (Å²) in [4.78, 5) is 24.1. The van der Waals surface area contributed by atoms with Crippen LogP contribution in [-0.4, -0.2) is 28.0 Å². The van der Waals surface area contributed by atoms with Crippen LogP contribution in [0.1, 0.15) is 5.56 Å². The molecule has 0 spiro atoms. The lowest BCUT2D eigenvalue weighted by molar-refractivity contribution is 1.04. The molecule has 3 heterocycles. The lowest BCUT2D eigenvalue weighted by Gasteiger charge is -2.14. The molecule has 0 saturated heterocycles. The van der Waals surface area contributed by atoms with Crippen LogP contribution in [-0.2, 0) is 0 Å². The first-order chi connectivity index (χ1) is 16.0. The molecule has 3 N–H and O–H groups in total. The van der Waals surface area contributed by atoms with Gasteiger partial charge in [-0.05, 0) is 54.6 Å². The third kappa shape index (κ3) is 5.32. The fourth-order valence-corrected chi connectivity index (χ4v) is 3.74. The Balaban J connectivity index is 1.57. The Morgan fingerprint density at radius 1 is 0.939 bits per heavy atom. The molecule has 0 aliphatic carbocycles. The third-order valence-electron chi connectivity index (χ3n) is 4.82. The molecule has 4 aromatic rings. The standard InChI is InChI=1S/C24H18Cl2N6O/c25-16-4-5-19(20(26)12-16)23-17(18-2-1-9-30-24(18)33)6-8-22(32-23)29-11-10-28-21-7-3-15(13-27)14-31-21/h1-9,12,14H,10-11H2,(H,28,31)(H,29,32)(H,30,33). The number of halogens is 2. The molecule has 164 valence electrons. The van der Waals surface area contributed by atoms with Crippen LogP contribution < -0.4 is 16.2 Å². The lowest BCUT2D eigenvalue weighted by Crippen LogP contribution is -2.15. The van der Waals surface area contributed by atoms with Crippen molar-refractivity contribution in [3.8, 4) is 28.5 Å². The summed E-state index contributed by atoms with van der Waals surface area (Å²) < 4.78 is 0. The predicted molar refractivity (Wildman–Crippen MR) is 132 cm³/mol. The van der Waals surface area contributed by atoms with Crippen molar-refractivity contribution >= 4 is 34.8 Å². The van der Waals surface area contributed by atoms with Crippen LogP contribution in [0.5, 0.6) is 0 Å². The van der Waals surface area contributed by atoms with E-state index in [2.05, 4.69) is 20.6 Å². The van der Waals surface area contributed by atoms with Crippen molar-refractivity contribution in [3.63, 3.8) is 0 Å². The summed E-state index contributed by atoms with van der Waals surface area (Å²) in [6.07, 6.45) is 3.10. The maximum absolute atomic E-state index is 12.4. The highest BCUT2D eigenvalue weighted by Gasteiger charge is 2.15. The van der Waals surface area contributed by atoms with Gasteiger partial charge in [0.2, 0.25) is 0 Å². The summed E-state index contributed by atoms with van der Waals surface area (Å²) in [6, 6.07) is 17.8. The quantitative estimate of drug-likeness (QED) is 0.316. The molecule has 33 heavy (non-hydrogen) atoms. The van der Waals surface area contributed by atoms with E-state index in [0.717, 1.165) is 0 Å². The van der Waals surface area contributed by atoms with Gasteiger partial charge in [0, 0.05) is 47.2 Å². The molecule has 0 radical (unpaired) electrons. The summed E-state index contributed by atoms with van der Waals surface area (Å²) >= 11 is 12.5. The van der Waals surface area contributed by atoms with Gasteiger partial charge in [0.15, 0.2) is 0 Å². The molecule has 0 atom stereocenters. The fraction of sp³-hybridized carbons (Fsp3) is 0.0833. The third-order valence-corrected chi connectivity index (χ3v) is 5.37. The highest BCUT2D eigenvalue weighted by atomic mass is 35.5. The number of nitrogens with one attached hydrogen (secondary N) is 3. The van der Waals surface area contributed by atoms with E-state index in [1.54, 1.807) is 48.7 Å². The van der Waals surface area contributed by atoms with Gasteiger partial charge in [-0.1, -0.05) is 23.2 Å². The molecule has 4 rings (SSSR count). The number of hydrogen-bond acceptors (Lipinski definition) is 6. The van der Waals surface area contributed by atoms with E-state index in [-0.39, 0.29) is 5.56 Å². The molecule has 3 aromatic heterocycles. The average Bonchev–Trinajstić information content (AvgIpc) is 2.83. The summed E-state index contributed by atoms with van der Waals surface area (Å²) in [5.74, 6) is 1.30. The van der Waals surface area contributed by atoms with Gasteiger partial charge in [0.1, 0.15) is 17.7 Å². The van der Waals surface area contributed by atoms with E-state index in [1.807, 2.05) is 18.2 Å². The molecule has 0 amide bonds. The van der Waals surface area contributed by atoms with Crippen molar-refractivity contribution < 1.29 is 0 Å². The zero-order chi connectivity index (χ0) is 23.2. The Labute approximate surface area is 200 Å². The average molecular weight is 477 g/mol. The molecule has 0 aliphatic rings. The maximum Gasteiger partial charge on any atom is 0.255 e. The molecular formula is C24H18Cl2N6O. The molecule has 9 heteroatoms. The van der Waals surface area contributed by atoms with Crippen molar-refractivity contribution in [1.29, 1.82) is 5.26 Å². The molecular weight excluding hydrogens is 459 g/mol. The van der Waals surface area contributed by atoms with E-state index in [1.165, 1.54) is 6.20 Å². The minimum Gasteiger partial charge on any atom is -0.368 e. The molecule has 0 fully saturated rings. The maximum atomic E-state index is 12.4. The Hall–Kier alpha value is -3.86. The molecule has 0 saturated carbocycles. The predicted octanol–water partition coefficient (Wildman–Crippen LogP) is 5.20. The second-order valence-corrected chi connectivity index (χ2v) is 7.87. The zero-order valence-electron chi connectivity index (χ0n) is 17.3. The van der Waals surface area contributed by atoms with E-state index >= 15 is 0 Å². The van der Waals surface area contributed by atoms with Gasteiger partial charge in [-0.2, -0.15) is 5.26 Å². The van der Waals surface area contributed by atoms with E-state index in [9.17, 15) is 4.79 Å². The molecule has 0 unspecified atom stereocenters. The first kappa shape index (κ1) is 22.3. The SMILES string of the molecule is N#Cc1ccc(NCCNc2ccc(-c3ccc[nH]c3=O)c(-c3ccc(Cl)cc3Cl)n2)nc1. The summed E-state index contributed by atoms with van der Waals surface area (Å²) in [6.45, 7) is 1.14. The summed E-state index contributed by atoms with van der Waals surface area (Å²) in [5.41, 5.74) is 2.68. The summed E-state index contributed by atoms with van der Waals surface area (Å²) in [5, 5.41) is 16.2. The number of rotatable bonds is 7. The molecule has 7 nitrogen and oxygen atoms in total. The largest absolute Gasteiger partial charge is 0.368 e. The van der Waals surface area contributed by atoms with E-state index < -0.39 is 0 Å². The van der Waals surface area contributed by atoms with Crippen LogP contribution in [0.3, 0.4) is 0 Å². The fourth-order valence-electron chi connectivity index (χ4n) is 3.24. The summed E-state index contributed by atoms with van der Waals surface area (Å²) in [7, 11) is 0. The zero-order valence-corrected chi connectivity index (χ0v) is 18.8. The minimum atomic E-state index is -0.217. The number of hydrogen-bond donors (Lipinski definition) is 3. The number of H-pyrrole nitrogens is 1. The van der Waals surface area contributed by atoms with Gasteiger partial charge >= 0.3 is 0 Å². The molecule has 1 aromatic carbocycles. The first-order valence-corrected chi connectivity index (χ1v) is 10.8. The number of aromatic amines is 1. The Bertz CT molecular complexity index is 1380. The van der Waals surface area contributed by atoms with Crippen LogP contribution in [0.2, 0.25) is 10.0 Å². The Morgan fingerprint density at radius 2 is 1.70 bits per heavy atom. The van der Waals surface area contributed by atoms with Crippen molar-refractivity contribution in [3.05, 3.63) is 93.0 Å². The number of nitrogens with zero attached hydrogens (tertiary/aromatic N) is 3. The number of pyridine rings is 3. The van der Waals surface area contributed by atoms with Crippen molar-refractivity contribution in [2.75, 3.05) is 23.7 Å². The second kappa shape index (κ2) is 10.2. The number of aromatic nitrogens is 3.